The molecular weight excluding hydrogens is 374 g/mol. The molecule has 7 heteroatoms. The van der Waals surface area contributed by atoms with Gasteiger partial charge in [0.25, 0.3) is 5.91 Å². The van der Waals surface area contributed by atoms with Crippen molar-refractivity contribution in [1.29, 1.82) is 0 Å². The Labute approximate surface area is 167 Å². The van der Waals surface area contributed by atoms with Crippen molar-refractivity contribution in [2.24, 2.45) is 5.41 Å². The maximum absolute atomic E-state index is 13.5. The zero-order valence-electron chi connectivity index (χ0n) is 16.1. The number of hydrogen-bond donors (Lipinski definition) is 1. The Morgan fingerprint density at radius 3 is 2.52 bits per heavy atom. The molecule has 2 heterocycles. The van der Waals surface area contributed by atoms with Crippen LogP contribution < -0.4 is 5.32 Å². The molecule has 3 aromatic rings. The fraction of sp³-hybridized carbons (Fsp3) is 0.273. The molecule has 0 aliphatic heterocycles. The molecule has 0 spiro atoms. The Balaban J connectivity index is 1.66. The van der Waals surface area contributed by atoms with Gasteiger partial charge in [-0.3, -0.25) is 9.78 Å². The SMILES string of the molecule is CC1(C)Cc2nc(-c3ccncc3)ncc2[C@H](NC(=O)c2cc(F)cc(F)c2)C1. The third-order valence-corrected chi connectivity index (χ3v) is 5.05. The number of nitrogens with one attached hydrogen (secondary N) is 1. The van der Waals surface area contributed by atoms with Crippen molar-refractivity contribution in [1.82, 2.24) is 20.3 Å². The maximum Gasteiger partial charge on any atom is 0.251 e. The van der Waals surface area contributed by atoms with Crippen molar-refractivity contribution in [3.63, 3.8) is 0 Å². The van der Waals surface area contributed by atoms with Crippen LogP contribution in [0.15, 0.2) is 48.9 Å². The first-order chi connectivity index (χ1) is 13.8. The molecule has 1 amide bonds. The maximum atomic E-state index is 13.5. The highest BCUT2D eigenvalue weighted by Gasteiger charge is 2.34. The number of benzene rings is 1. The zero-order valence-corrected chi connectivity index (χ0v) is 16.1. The van der Waals surface area contributed by atoms with Gasteiger partial charge in [0.2, 0.25) is 0 Å². The van der Waals surface area contributed by atoms with Gasteiger partial charge in [-0.15, -0.1) is 0 Å². The minimum atomic E-state index is -0.787. The van der Waals surface area contributed by atoms with Crippen molar-refractivity contribution >= 4 is 5.91 Å². The third kappa shape index (κ3) is 4.13. The fourth-order valence-electron chi connectivity index (χ4n) is 3.74. The second-order valence-electron chi connectivity index (χ2n) is 8.06. The smallest absolute Gasteiger partial charge is 0.251 e. The van der Waals surface area contributed by atoms with E-state index < -0.39 is 17.5 Å². The van der Waals surface area contributed by atoms with E-state index in [9.17, 15) is 13.6 Å². The molecule has 148 valence electrons. The highest BCUT2D eigenvalue weighted by atomic mass is 19.1. The van der Waals surface area contributed by atoms with Crippen molar-refractivity contribution in [2.75, 3.05) is 0 Å². The number of halogens is 2. The Kier molecular flexibility index (Phi) is 4.82. The molecule has 5 nitrogen and oxygen atoms in total. The molecule has 0 unspecified atom stereocenters. The summed E-state index contributed by atoms with van der Waals surface area (Å²) in [4.78, 5) is 25.8. The summed E-state index contributed by atoms with van der Waals surface area (Å²) in [6.07, 6.45) is 6.50. The quantitative estimate of drug-likeness (QED) is 0.721. The van der Waals surface area contributed by atoms with Gasteiger partial charge in [-0.25, -0.2) is 18.7 Å². The van der Waals surface area contributed by atoms with Crippen LogP contribution >= 0.6 is 0 Å². The highest BCUT2D eigenvalue weighted by Crippen LogP contribution is 2.40. The van der Waals surface area contributed by atoms with Crippen LogP contribution in [-0.2, 0) is 6.42 Å². The average Bonchev–Trinajstić information content (AvgIpc) is 2.66. The lowest BCUT2D eigenvalue weighted by Gasteiger charge is -2.36. The van der Waals surface area contributed by atoms with E-state index in [-0.39, 0.29) is 17.0 Å². The van der Waals surface area contributed by atoms with Crippen LogP contribution in [0.5, 0.6) is 0 Å². The molecule has 1 atom stereocenters. The first kappa shape index (κ1) is 19.1. The Morgan fingerprint density at radius 2 is 1.83 bits per heavy atom. The number of pyridine rings is 1. The number of hydrogen-bond acceptors (Lipinski definition) is 4. The van der Waals surface area contributed by atoms with Crippen LogP contribution in [0.4, 0.5) is 8.78 Å². The van der Waals surface area contributed by atoms with Gasteiger partial charge in [0, 0.05) is 41.3 Å². The number of aromatic nitrogens is 3. The lowest BCUT2D eigenvalue weighted by molar-refractivity contribution is 0.0918. The monoisotopic (exact) mass is 394 g/mol. The molecule has 0 saturated carbocycles. The van der Waals surface area contributed by atoms with Crippen LogP contribution in [0, 0.1) is 17.0 Å². The molecule has 29 heavy (non-hydrogen) atoms. The van der Waals surface area contributed by atoms with Crippen LogP contribution in [0.25, 0.3) is 11.4 Å². The van der Waals surface area contributed by atoms with Gasteiger partial charge in [0.1, 0.15) is 11.6 Å². The Hall–Kier alpha value is -3.22. The summed E-state index contributed by atoms with van der Waals surface area (Å²) < 4.78 is 27.0. The van der Waals surface area contributed by atoms with Gasteiger partial charge >= 0.3 is 0 Å². The largest absolute Gasteiger partial charge is 0.345 e. The van der Waals surface area contributed by atoms with Crippen LogP contribution in [0.3, 0.4) is 0 Å². The van der Waals surface area contributed by atoms with E-state index in [2.05, 4.69) is 29.1 Å². The summed E-state index contributed by atoms with van der Waals surface area (Å²) in [5, 5.41) is 2.90. The summed E-state index contributed by atoms with van der Waals surface area (Å²) in [5.74, 6) is -1.51. The molecule has 0 saturated heterocycles. The van der Waals surface area contributed by atoms with E-state index in [1.165, 1.54) is 0 Å². The van der Waals surface area contributed by atoms with Gasteiger partial charge in [-0.05, 0) is 42.5 Å². The highest BCUT2D eigenvalue weighted by molar-refractivity contribution is 5.94. The Bertz CT molecular complexity index is 1050. The number of carbonyl (C=O) groups is 1. The molecule has 2 aromatic heterocycles. The fourth-order valence-corrected chi connectivity index (χ4v) is 3.74. The summed E-state index contributed by atoms with van der Waals surface area (Å²) >= 11 is 0. The third-order valence-electron chi connectivity index (χ3n) is 5.05. The topological polar surface area (TPSA) is 67.8 Å². The molecule has 1 aliphatic carbocycles. The molecule has 4 rings (SSSR count). The van der Waals surface area contributed by atoms with E-state index in [4.69, 9.17) is 4.98 Å². The molecule has 0 radical (unpaired) electrons. The van der Waals surface area contributed by atoms with E-state index >= 15 is 0 Å². The van der Waals surface area contributed by atoms with E-state index in [0.717, 1.165) is 41.4 Å². The van der Waals surface area contributed by atoms with Gasteiger partial charge in [-0.2, -0.15) is 0 Å². The van der Waals surface area contributed by atoms with Gasteiger partial charge < -0.3 is 5.32 Å². The van der Waals surface area contributed by atoms with Crippen LogP contribution in [0.2, 0.25) is 0 Å². The molecule has 1 aromatic carbocycles. The lowest BCUT2D eigenvalue weighted by atomic mass is 9.74. The molecule has 1 N–H and O–H groups in total. The summed E-state index contributed by atoms with van der Waals surface area (Å²) in [7, 11) is 0. The number of fused-ring (bicyclic) bond motifs is 1. The minimum absolute atomic E-state index is 0.0539. The average molecular weight is 394 g/mol. The molecular formula is C22H20F2N4O. The van der Waals surface area contributed by atoms with Crippen LogP contribution in [0.1, 0.15) is 47.9 Å². The predicted octanol–water partition coefficient (Wildman–Crippen LogP) is 4.26. The lowest BCUT2D eigenvalue weighted by Crippen LogP contribution is -2.37. The molecule has 1 aliphatic rings. The van der Waals surface area contributed by atoms with Gasteiger partial charge in [0.05, 0.1) is 11.7 Å². The summed E-state index contributed by atoms with van der Waals surface area (Å²) in [5.41, 5.74) is 2.39. The van der Waals surface area contributed by atoms with Crippen LogP contribution in [-0.4, -0.2) is 20.9 Å². The van der Waals surface area contributed by atoms with Gasteiger partial charge in [0.15, 0.2) is 5.82 Å². The molecule has 0 fully saturated rings. The van der Waals surface area contributed by atoms with Crippen molar-refractivity contribution < 1.29 is 13.6 Å². The van der Waals surface area contributed by atoms with Crippen molar-refractivity contribution in [3.8, 4) is 11.4 Å². The van der Waals surface area contributed by atoms with Crippen molar-refractivity contribution in [3.05, 3.63) is 77.4 Å². The minimum Gasteiger partial charge on any atom is -0.345 e. The van der Waals surface area contributed by atoms with E-state index in [1.54, 1.807) is 18.6 Å². The Morgan fingerprint density at radius 1 is 1.14 bits per heavy atom. The second-order valence-corrected chi connectivity index (χ2v) is 8.06. The standard InChI is InChI=1S/C22H20F2N4O/c1-22(2)10-18-17(12-26-20(27-18)13-3-5-25-6-4-13)19(11-22)28-21(29)14-7-15(23)9-16(24)8-14/h3-9,12,19H,10-11H2,1-2H3,(H,28,29)/t19-/m1/s1. The first-order valence-electron chi connectivity index (χ1n) is 9.34. The number of amides is 1. The predicted molar refractivity (Wildman–Crippen MR) is 104 cm³/mol. The van der Waals surface area contributed by atoms with Crippen molar-refractivity contribution in [2.45, 2.75) is 32.7 Å². The zero-order chi connectivity index (χ0) is 20.6. The number of rotatable bonds is 3. The summed E-state index contributed by atoms with van der Waals surface area (Å²) in [6, 6.07) is 6.12. The van der Waals surface area contributed by atoms with Gasteiger partial charge in [-0.1, -0.05) is 13.8 Å². The number of nitrogens with zero attached hydrogens (tertiary/aromatic N) is 3. The van der Waals surface area contributed by atoms with E-state index in [0.29, 0.717) is 12.2 Å². The number of carbonyl (C=O) groups excluding carboxylic acids is 1. The normalized spacial score (nSPS) is 17.4. The first-order valence-corrected chi connectivity index (χ1v) is 9.34. The summed E-state index contributed by atoms with van der Waals surface area (Å²) in [6.45, 7) is 4.20. The second kappa shape index (κ2) is 7.31. The van der Waals surface area contributed by atoms with E-state index in [1.807, 2.05) is 12.1 Å². The molecule has 0 bridgehead atoms.